The number of hydrogen-bond donors (Lipinski definition) is 3. The summed E-state index contributed by atoms with van der Waals surface area (Å²) in [6.45, 7) is 1.10. The number of nitrogens with zero attached hydrogens (tertiary/aromatic N) is 2. The number of nitrogens with one attached hydrogen (secondary N) is 2. The minimum absolute atomic E-state index is 0.0168. The van der Waals surface area contributed by atoms with Crippen molar-refractivity contribution in [2.45, 2.75) is 88.8 Å². The van der Waals surface area contributed by atoms with Gasteiger partial charge in [0.25, 0.3) is 5.91 Å². The first-order chi connectivity index (χ1) is 22.3. The molecule has 2 saturated heterocycles. The van der Waals surface area contributed by atoms with Gasteiger partial charge in [0.15, 0.2) is 0 Å². The van der Waals surface area contributed by atoms with Crippen molar-refractivity contribution in [2.75, 3.05) is 22.9 Å². The van der Waals surface area contributed by atoms with E-state index in [-0.39, 0.29) is 36.6 Å². The van der Waals surface area contributed by atoms with E-state index >= 15 is 0 Å². The molecule has 3 N–H and O–H groups in total. The van der Waals surface area contributed by atoms with E-state index in [1.54, 1.807) is 28.0 Å². The second-order valence-corrected chi connectivity index (χ2v) is 13.5. The molecule has 2 heterocycles. The van der Waals surface area contributed by atoms with Crippen molar-refractivity contribution in [3.05, 3.63) is 59.7 Å². The number of carbonyl (C=O) groups excluding carboxylic acids is 4. The Kier molecular flexibility index (Phi) is 9.74. The molecule has 3 unspecified atom stereocenters. The zero-order valence-corrected chi connectivity index (χ0v) is 26.3. The van der Waals surface area contributed by atoms with E-state index in [1.807, 2.05) is 30.3 Å². The number of aliphatic hydroxyl groups excluding tert-OH is 1. The predicted molar refractivity (Wildman–Crippen MR) is 176 cm³/mol. The molecule has 0 spiro atoms. The highest BCUT2D eigenvalue weighted by atomic mass is 16.3. The van der Waals surface area contributed by atoms with Gasteiger partial charge in [-0.05, 0) is 80.5 Å². The van der Waals surface area contributed by atoms with E-state index in [4.69, 9.17) is 6.42 Å². The van der Waals surface area contributed by atoms with Crippen molar-refractivity contribution < 1.29 is 24.3 Å². The van der Waals surface area contributed by atoms with Gasteiger partial charge < -0.3 is 25.5 Å². The molecule has 6 rings (SSSR count). The number of hydrogen-bond acceptors (Lipinski definition) is 5. The van der Waals surface area contributed by atoms with Gasteiger partial charge in [-0.15, -0.1) is 12.3 Å². The Balaban J connectivity index is 1.23. The second-order valence-electron chi connectivity index (χ2n) is 13.5. The number of anilines is 2. The molecule has 2 aromatic rings. The van der Waals surface area contributed by atoms with Crippen LogP contribution in [0.1, 0.15) is 80.1 Å². The summed E-state index contributed by atoms with van der Waals surface area (Å²) in [5, 5.41) is 17.9. The van der Waals surface area contributed by atoms with Gasteiger partial charge in [-0.1, -0.05) is 36.8 Å². The molecule has 6 atom stereocenters. The van der Waals surface area contributed by atoms with Gasteiger partial charge in [0.2, 0.25) is 17.7 Å². The van der Waals surface area contributed by atoms with E-state index in [0.717, 1.165) is 31.2 Å². The van der Waals surface area contributed by atoms with E-state index < -0.39 is 24.0 Å². The monoisotopic (exact) mass is 624 g/mol. The van der Waals surface area contributed by atoms with Crippen LogP contribution in [0, 0.1) is 30.1 Å². The van der Waals surface area contributed by atoms with Gasteiger partial charge in [0.1, 0.15) is 0 Å². The zero-order chi connectivity index (χ0) is 32.2. The molecule has 2 aliphatic heterocycles. The predicted octanol–water partition coefficient (Wildman–Crippen LogP) is 3.98. The van der Waals surface area contributed by atoms with Gasteiger partial charge in [-0.2, -0.15) is 0 Å². The Morgan fingerprint density at radius 2 is 1.63 bits per heavy atom. The Morgan fingerprint density at radius 1 is 0.957 bits per heavy atom. The molecule has 2 aliphatic carbocycles. The highest BCUT2D eigenvalue weighted by Crippen LogP contribution is 2.44. The van der Waals surface area contributed by atoms with Crippen LogP contribution < -0.4 is 20.4 Å². The minimum atomic E-state index is -1.06. The first kappa shape index (κ1) is 31.8. The van der Waals surface area contributed by atoms with Crippen LogP contribution in [-0.4, -0.2) is 60.0 Å². The lowest BCUT2D eigenvalue weighted by molar-refractivity contribution is -0.127. The molecule has 9 nitrogen and oxygen atoms in total. The van der Waals surface area contributed by atoms with Gasteiger partial charge in [-0.3, -0.25) is 19.2 Å². The minimum Gasteiger partial charge on any atom is -0.391 e. The normalized spacial score (nSPS) is 24.1. The maximum atomic E-state index is 14.0. The topological polar surface area (TPSA) is 119 Å². The Labute approximate surface area is 271 Å². The molecule has 2 aromatic carbocycles. The van der Waals surface area contributed by atoms with E-state index in [1.165, 1.54) is 12.8 Å². The first-order valence-electron chi connectivity index (χ1n) is 16.8. The zero-order valence-electron chi connectivity index (χ0n) is 26.3. The molecule has 46 heavy (non-hydrogen) atoms. The summed E-state index contributed by atoms with van der Waals surface area (Å²) in [5.41, 5.74) is 2.38. The van der Waals surface area contributed by atoms with Crippen molar-refractivity contribution in [3.63, 3.8) is 0 Å². The summed E-state index contributed by atoms with van der Waals surface area (Å²) in [4.78, 5) is 56.0. The Hall–Kier alpha value is -4.16. The standard InChI is InChI=1S/C37H44N4O5/c1-2-8-27(36(45)38-31-19-25-13-14-26(31)17-25)22-33(42)32(18-24-9-4-3-5-10-24)39-37(46)28-20-29(40-15-6-11-34(40)43)23-30(21-28)41-16-7-12-35(41)44/h1,3-5,9-10,20-21,23,25-27,31-33,42H,6-8,11-19,22H2,(H,38,45)(H,39,46)/t25?,26?,27-,31?,32+,33-/m1/s1. The molecule has 4 amide bonds. The van der Waals surface area contributed by atoms with Crippen LogP contribution in [0.5, 0.6) is 0 Å². The van der Waals surface area contributed by atoms with Crippen LogP contribution in [0.3, 0.4) is 0 Å². The number of aliphatic hydroxyl groups is 1. The molecule has 0 aromatic heterocycles. The number of rotatable bonds is 12. The number of amides is 4. The third-order valence-electron chi connectivity index (χ3n) is 10.3. The van der Waals surface area contributed by atoms with Crippen LogP contribution in [0.25, 0.3) is 0 Å². The van der Waals surface area contributed by atoms with E-state index in [9.17, 15) is 24.3 Å². The molecule has 242 valence electrons. The van der Waals surface area contributed by atoms with Crippen LogP contribution in [-0.2, 0) is 20.8 Å². The smallest absolute Gasteiger partial charge is 0.251 e. The average molecular weight is 625 g/mol. The molecular weight excluding hydrogens is 580 g/mol. The maximum absolute atomic E-state index is 14.0. The fraction of sp³-hybridized carbons (Fsp3) is 0.514. The highest BCUT2D eigenvalue weighted by molar-refractivity contribution is 6.03. The van der Waals surface area contributed by atoms with Crippen LogP contribution >= 0.6 is 0 Å². The molecule has 2 saturated carbocycles. The summed E-state index contributed by atoms with van der Waals surface area (Å²) < 4.78 is 0. The Morgan fingerprint density at radius 3 is 2.17 bits per heavy atom. The molecule has 2 bridgehead atoms. The van der Waals surface area contributed by atoms with Crippen molar-refractivity contribution >= 4 is 35.0 Å². The summed E-state index contributed by atoms with van der Waals surface area (Å²) in [6, 6.07) is 14.2. The first-order valence-corrected chi connectivity index (χ1v) is 16.8. The number of carbonyl (C=O) groups is 4. The lowest BCUT2D eigenvalue weighted by Crippen LogP contribution is -2.48. The van der Waals surface area contributed by atoms with E-state index in [0.29, 0.717) is 61.1 Å². The molecule has 4 aliphatic rings. The van der Waals surface area contributed by atoms with E-state index in [2.05, 4.69) is 16.6 Å². The third kappa shape index (κ3) is 7.13. The van der Waals surface area contributed by atoms with Gasteiger partial charge in [0, 0.05) is 55.3 Å². The van der Waals surface area contributed by atoms with Gasteiger partial charge in [0.05, 0.1) is 18.1 Å². The third-order valence-corrected chi connectivity index (χ3v) is 10.3. The van der Waals surface area contributed by atoms with Crippen molar-refractivity contribution in [3.8, 4) is 12.3 Å². The summed E-state index contributed by atoms with van der Waals surface area (Å²) >= 11 is 0. The summed E-state index contributed by atoms with van der Waals surface area (Å²) in [6.07, 6.45) is 12.1. The van der Waals surface area contributed by atoms with Crippen LogP contribution in [0.4, 0.5) is 11.4 Å². The highest BCUT2D eigenvalue weighted by Gasteiger charge is 2.41. The Bertz CT molecular complexity index is 1460. The largest absolute Gasteiger partial charge is 0.391 e. The lowest BCUT2D eigenvalue weighted by Gasteiger charge is -2.29. The van der Waals surface area contributed by atoms with Gasteiger partial charge in [-0.25, -0.2) is 0 Å². The number of terminal acetylenes is 1. The second kappa shape index (κ2) is 14.1. The molecule has 9 heteroatoms. The maximum Gasteiger partial charge on any atom is 0.251 e. The number of fused-ring (bicyclic) bond motifs is 2. The fourth-order valence-electron chi connectivity index (χ4n) is 7.89. The lowest BCUT2D eigenvalue weighted by atomic mass is 9.89. The molecular formula is C37H44N4O5. The SMILES string of the molecule is C#CC[C@H](C[C@@H](O)[C@H](Cc1ccccc1)NC(=O)c1cc(N2CCCC2=O)cc(N2CCCC2=O)c1)C(=O)NC1CC2CCC1C2. The van der Waals surface area contributed by atoms with Crippen molar-refractivity contribution in [2.24, 2.45) is 17.8 Å². The summed E-state index contributed by atoms with van der Waals surface area (Å²) in [5.74, 6) is 2.63. The number of benzene rings is 2. The van der Waals surface area contributed by atoms with Crippen molar-refractivity contribution in [1.29, 1.82) is 0 Å². The molecule has 4 fully saturated rings. The molecule has 0 radical (unpaired) electrons. The van der Waals surface area contributed by atoms with Gasteiger partial charge >= 0.3 is 0 Å². The average Bonchev–Trinajstić information content (AvgIpc) is 3.87. The fourth-order valence-corrected chi connectivity index (χ4v) is 7.89. The van der Waals surface area contributed by atoms with Crippen molar-refractivity contribution in [1.82, 2.24) is 10.6 Å². The summed E-state index contributed by atoms with van der Waals surface area (Å²) in [7, 11) is 0. The quantitative estimate of drug-likeness (QED) is 0.309. The van der Waals surface area contributed by atoms with Crippen LogP contribution in [0.15, 0.2) is 48.5 Å². The van der Waals surface area contributed by atoms with Crippen LogP contribution in [0.2, 0.25) is 0 Å².